The van der Waals surface area contributed by atoms with Crippen LogP contribution < -0.4 is 15.5 Å². The van der Waals surface area contributed by atoms with Crippen LogP contribution in [0.15, 0.2) is 0 Å². The largest absolute Gasteiger partial charge is 0.365 e. The first-order chi connectivity index (χ1) is 9.43. The molecule has 0 aliphatic carbocycles. The van der Waals surface area contributed by atoms with Gasteiger partial charge < -0.3 is 15.5 Å². The van der Waals surface area contributed by atoms with Gasteiger partial charge in [0.25, 0.3) is 11.9 Å². The molecule has 0 spiro atoms. The van der Waals surface area contributed by atoms with E-state index in [0.29, 0.717) is 37.1 Å². The van der Waals surface area contributed by atoms with Crippen LogP contribution in [-0.2, 0) is 4.84 Å². The van der Waals surface area contributed by atoms with E-state index in [0.717, 1.165) is 0 Å². The average Bonchev–Trinajstić information content (AvgIpc) is 2.79. The summed E-state index contributed by atoms with van der Waals surface area (Å²) in [6.45, 7) is 2.91. The van der Waals surface area contributed by atoms with E-state index in [2.05, 4.69) is 15.0 Å². The lowest BCUT2D eigenvalue weighted by atomic mass is 10.7. The summed E-state index contributed by atoms with van der Waals surface area (Å²) in [5.41, 5.74) is 6.03. The molecule has 110 valence electrons. The summed E-state index contributed by atoms with van der Waals surface area (Å²) < 4.78 is 1.71. The standard InChI is InChI=1S/C11H20N8O/c1-6-19-8(12)18(7-20-19)11-14-9(16(2)3)13-10(15-11)17(4)5/h12H,6-7H2,1-5H3/p+1. The number of hydroxylamine groups is 2. The zero-order chi connectivity index (χ0) is 14.9. The van der Waals surface area contributed by atoms with Crippen molar-refractivity contribution in [1.29, 1.82) is 0 Å². The van der Waals surface area contributed by atoms with E-state index < -0.39 is 0 Å². The van der Waals surface area contributed by atoms with Gasteiger partial charge in [-0.25, -0.2) is 4.84 Å². The minimum atomic E-state index is 0.295. The van der Waals surface area contributed by atoms with E-state index in [1.807, 2.05) is 44.9 Å². The van der Waals surface area contributed by atoms with E-state index in [4.69, 9.17) is 10.6 Å². The molecule has 1 aliphatic rings. The maximum absolute atomic E-state index is 6.03. The molecule has 1 aromatic rings. The van der Waals surface area contributed by atoms with Crippen LogP contribution in [0.1, 0.15) is 6.92 Å². The Morgan fingerprint density at radius 3 is 2.10 bits per heavy atom. The lowest BCUT2D eigenvalue weighted by molar-refractivity contribution is -0.482. The molecule has 0 fully saturated rings. The predicted octanol–water partition coefficient (Wildman–Crippen LogP) is -0.813. The lowest BCUT2D eigenvalue weighted by Gasteiger charge is -2.13. The van der Waals surface area contributed by atoms with Crippen molar-refractivity contribution in [3.63, 3.8) is 0 Å². The molecule has 0 atom stereocenters. The summed E-state index contributed by atoms with van der Waals surface area (Å²) in [6.07, 6.45) is 0. The van der Waals surface area contributed by atoms with Crippen LogP contribution in [0.2, 0.25) is 0 Å². The molecule has 0 amide bonds. The van der Waals surface area contributed by atoms with E-state index >= 15 is 0 Å². The van der Waals surface area contributed by atoms with Gasteiger partial charge in [0.1, 0.15) is 0 Å². The molecule has 20 heavy (non-hydrogen) atoms. The molecular formula is C11H21N8O+. The second kappa shape index (κ2) is 5.45. The van der Waals surface area contributed by atoms with Crippen molar-refractivity contribution in [2.24, 2.45) is 5.73 Å². The zero-order valence-corrected chi connectivity index (χ0v) is 12.5. The summed E-state index contributed by atoms with van der Waals surface area (Å²) >= 11 is 0. The Kier molecular flexibility index (Phi) is 3.89. The Hall–Kier alpha value is -2.16. The maximum Gasteiger partial charge on any atom is 0.365 e. The van der Waals surface area contributed by atoms with Crippen LogP contribution in [0.25, 0.3) is 0 Å². The monoisotopic (exact) mass is 281 g/mol. The van der Waals surface area contributed by atoms with Gasteiger partial charge in [0, 0.05) is 28.2 Å². The molecule has 1 aromatic heterocycles. The first kappa shape index (κ1) is 14.3. The van der Waals surface area contributed by atoms with Crippen molar-refractivity contribution in [1.82, 2.24) is 20.0 Å². The summed E-state index contributed by atoms with van der Waals surface area (Å²) in [6, 6.07) is 0. The smallest absolute Gasteiger partial charge is 0.338 e. The van der Waals surface area contributed by atoms with Crippen molar-refractivity contribution < 1.29 is 9.41 Å². The molecule has 0 bridgehead atoms. The van der Waals surface area contributed by atoms with Crippen LogP contribution in [0.4, 0.5) is 17.8 Å². The fourth-order valence-corrected chi connectivity index (χ4v) is 1.67. The minimum absolute atomic E-state index is 0.295. The number of hydrogen-bond acceptors (Lipinski definition) is 8. The first-order valence-electron chi connectivity index (χ1n) is 6.35. The third kappa shape index (κ3) is 2.57. The first-order valence-corrected chi connectivity index (χ1v) is 6.35. The minimum Gasteiger partial charge on any atom is -0.338 e. The lowest BCUT2D eigenvalue weighted by Crippen LogP contribution is -2.35. The highest BCUT2D eigenvalue weighted by Crippen LogP contribution is 2.17. The SMILES string of the molecule is CCN1OC[N+](c2nc(N(C)C)nc(N(C)C)n2)=C1N. The van der Waals surface area contributed by atoms with Crippen LogP contribution in [0.3, 0.4) is 0 Å². The highest BCUT2D eigenvalue weighted by atomic mass is 16.7. The summed E-state index contributed by atoms with van der Waals surface area (Å²) in [7, 11) is 7.52. The van der Waals surface area contributed by atoms with Gasteiger partial charge in [-0.1, -0.05) is 9.97 Å². The van der Waals surface area contributed by atoms with Gasteiger partial charge in [-0.2, -0.15) is 14.6 Å². The molecule has 2 rings (SSSR count). The fourth-order valence-electron chi connectivity index (χ4n) is 1.67. The Morgan fingerprint density at radius 2 is 1.70 bits per heavy atom. The number of nitrogens with two attached hydrogens (primary N) is 1. The van der Waals surface area contributed by atoms with Crippen molar-refractivity contribution in [3.8, 4) is 0 Å². The van der Waals surface area contributed by atoms with Gasteiger partial charge in [0.2, 0.25) is 0 Å². The van der Waals surface area contributed by atoms with E-state index in [-0.39, 0.29) is 0 Å². The number of guanidine groups is 1. The highest BCUT2D eigenvalue weighted by Gasteiger charge is 2.29. The van der Waals surface area contributed by atoms with Gasteiger partial charge in [-0.3, -0.25) is 0 Å². The summed E-state index contributed by atoms with van der Waals surface area (Å²) in [5, 5.41) is 1.61. The zero-order valence-electron chi connectivity index (χ0n) is 12.5. The van der Waals surface area contributed by atoms with Gasteiger partial charge in [0.05, 0.1) is 6.54 Å². The van der Waals surface area contributed by atoms with Gasteiger partial charge >= 0.3 is 11.9 Å². The Labute approximate surface area is 118 Å². The van der Waals surface area contributed by atoms with Gasteiger partial charge in [-0.15, -0.1) is 0 Å². The molecule has 2 N–H and O–H groups in total. The van der Waals surface area contributed by atoms with Crippen LogP contribution in [0, 0.1) is 0 Å². The van der Waals surface area contributed by atoms with Crippen LogP contribution in [0.5, 0.6) is 0 Å². The molecule has 0 saturated heterocycles. The number of rotatable bonds is 4. The van der Waals surface area contributed by atoms with Crippen molar-refractivity contribution in [2.45, 2.75) is 6.92 Å². The van der Waals surface area contributed by atoms with Crippen LogP contribution in [-0.4, -0.2) is 72.0 Å². The second-order valence-electron chi connectivity index (χ2n) is 4.76. The van der Waals surface area contributed by atoms with E-state index in [1.165, 1.54) is 0 Å². The fraction of sp³-hybridized carbons (Fsp3) is 0.636. The number of hydrogen-bond donors (Lipinski definition) is 1. The number of nitrogens with zero attached hydrogens (tertiary/aromatic N) is 7. The van der Waals surface area contributed by atoms with Crippen molar-refractivity contribution >= 4 is 23.8 Å². The highest BCUT2D eigenvalue weighted by molar-refractivity contribution is 5.73. The molecule has 9 heteroatoms. The van der Waals surface area contributed by atoms with E-state index in [1.54, 1.807) is 9.64 Å². The molecule has 0 radical (unpaired) electrons. The molecule has 0 aromatic carbocycles. The third-order valence-corrected chi connectivity index (χ3v) is 2.80. The third-order valence-electron chi connectivity index (χ3n) is 2.80. The number of aromatic nitrogens is 3. The molecule has 0 saturated carbocycles. The normalized spacial score (nSPS) is 14.9. The summed E-state index contributed by atoms with van der Waals surface area (Å²) in [5.74, 6) is 2.09. The van der Waals surface area contributed by atoms with E-state index in [9.17, 15) is 0 Å². The average molecular weight is 281 g/mol. The predicted molar refractivity (Wildman–Crippen MR) is 75.9 cm³/mol. The van der Waals surface area contributed by atoms with Crippen molar-refractivity contribution in [2.75, 3.05) is 51.3 Å². The molecule has 1 aliphatic heterocycles. The summed E-state index contributed by atoms with van der Waals surface area (Å²) in [4.78, 5) is 22.3. The van der Waals surface area contributed by atoms with Gasteiger partial charge in [-0.05, 0) is 6.92 Å². The maximum atomic E-state index is 6.03. The molecular weight excluding hydrogens is 260 g/mol. The Bertz CT molecular complexity index is 501. The second-order valence-corrected chi connectivity index (χ2v) is 4.76. The van der Waals surface area contributed by atoms with Crippen molar-refractivity contribution in [3.05, 3.63) is 0 Å². The topological polar surface area (TPSA) is 86.7 Å². The Morgan fingerprint density at radius 1 is 1.15 bits per heavy atom. The molecule has 9 nitrogen and oxygen atoms in total. The van der Waals surface area contributed by atoms with Crippen LogP contribution >= 0.6 is 0 Å². The Balaban J connectivity index is 2.49. The number of anilines is 2. The van der Waals surface area contributed by atoms with Gasteiger partial charge in [0.15, 0.2) is 6.73 Å². The quantitative estimate of drug-likeness (QED) is 0.717. The molecule has 2 heterocycles. The molecule has 0 unspecified atom stereocenters.